The fourth-order valence-corrected chi connectivity index (χ4v) is 2.37. The highest BCUT2D eigenvalue weighted by atomic mass is 16.5. The van der Waals surface area contributed by atoms with Crippen molar-refractivity contribution in [2.24, 2.45) is 7.05 Å². The van der Waals surface area contributed by atoms with Gasteiger partial charge in [0.2, 0.25) is 5.88 Å². The number of carbonyl (C=O) groups is 1. The molecule has 0 saturated heterocycles. The number of rotatable bonds is 5. The number of carbonyl (C=O) groups excluding carboxylic acids is 1. The first kappa shape index (κ1) is 16.5. The van der Waals surface area contributed by atoms with E-state index < -0.39 is 0 Å². The van der Waals surface area contributed by atoms with Gasteiger partial charge in [0.1, 0.15) is 5.75 Å². The van der Waals surface area contributed by atoms with Gasteiger partial charge in [0, 0.05) is 31.2 Å². The Balaban J connectivity index is 1.39. The van der Waals surface area contributed by atoms with Crippen molar-refractivity contribution in [2.45, 2.75) is 0 Å². The lowest BCUT2D eigenvalue weighted by Crippen LogP contribution is -2.12. The second kappa shape index (κ2) is 7.08. The van der Waals surface area contributed by atoms with Gasteiger partial charge in [0.25, 0.3) is 5.91 Å². The van der Waals surface area contributed by atoms with Crippen molar-refractivity contribution in [3.8, 4) is 17.4 Å². The summed E-state index contributed by atoms with van der Waals surface area (Å²) in [5.74, 6) is 1.33. The van der Waals surface area contributed by atoms with E-state index in [0.717, 1.165) is 0 Å². The molecule has 0 unspecified atom stereocenters. The average molecular weight is 361 g/mol. The third-order valence-corrected chi connectivity index (χ3v) is 3.66. The van der Waals surface area contributed by atoms with Crippen molar-refractivity contribution in [3.05, 3.63) is 72.8 Å². The topological polar surface area (TPSA) is 99.8 Å². The Morgan fingerprint density at radius 3 is 2.41 bits per heavy atom. The van der Waals surface area contributed by atoms with E-state index in [-0.39, 0.29) is 11.6 Å². The molecule has 3 heterocycles. The first-order valence-electron chi connectivity index (χ1n) is 8.10. The maximum Gasteiger partial charge on any atom is 0.277 e. The van der Waals surface area contributed by atoms with Crippen LogP contribution in [0.4, 0.5) is 5.69 Å². The van der Waals surface area contributed by atoms with Crippen LogP contribution in [-0.4, -0.2) is 35.7 Å². The van der Waals surface area contributed by atoms with Crippen molar-refractivity contribution >= 4 is 11.6 Å². The number of aromatic nitrogens is 6. The molecule has 0 atom stereocenters. The van der Waals surface area contributed by atoms with Crippen molar-refractivity contribution in [1.82, 2.24) is 29.8 Å². The first-order valence-corrected chi connectivity index (χ1v) is 8.10. The molecule has 1 amide bonds. The molecule has 0 bridgehead atoms. The Bertz CT molecular complexity index is 1040. The van der Waals surface area contributed by atoms with Gasteiger partial charge in [-0.2, -0.15) is 0 Å². The number of amides is 1. The molecule has 4 aromatic rings. The van der Waals surface area contributed by atoms with Crippen LogP contribution in [0, 0.1) is 0 Å². The molecule has 1 aromatic carbocycles. The summed E-state index contributed by atoms with van der Waals surface area (Å²) in [7, 11) is 1.70. The van der Waals surface area contributed by atoms with Crippen LogP contribution in [0.15, 0.2) is 67.1 Å². The Kier molecular flexibility index (Phi) is 4.32. The highest BCUT2D eigenvalue weighted by Gasteiger charge is 2.10. The van der Waals surface area contributed by atoms with Gasteiger partial charge in [-0.05, 0) is 42.5 Å². The van der Waals surface area contributed by atoms with Crippen LogP contribution < -0.4 is 10.1 Å². The van der Waals surface area contributed by atoms with Crippen LogP contribution in [0.5, 0.6) is 11.6 Å². The Hall–Kier alpha value is -4.01. The fraction of sp³-hybridized carbons (Fsp3) is 0.0556. The quantitative estimate of drug-likeness (QED) is 0.586. The molecule has 9 heteroatoms. The van der Waals surface area contributed by atoms with Gasteiger partial charge in [-0.1, -0.05) is 5.21 Å². The lowest BCUT2D eigenvalue weighted by Gasteiger charge is -2.07. The van der Waals surface area contributed by atoms with Crippen molar-refractivity contribution < 1.29 is 9.53 Å². The molecule has 0 aliphatic carbocycles. The molecule has 0 fully saturated rings. The monoisotopic (exact) mass is 361 g/mol. The predicted octanol–water partition coefficient (Wildman–Crippen LogP) is 2.44. The lowest BCUT2D eigenvalue weighted by atomic mass is 10.3. The van der Waals surface area contributed by atoms with Gasteiger partial charge in [0.15, 0.2) is 11.5 Å². The summed E-state index contributed by atoms with van der Waals surface area (Å²) in [6.45, 7) is 0. The lowest BCUT2D eigenvalue weighted by molar-refractivity contribution is 0.102. The van der Waals surface area contributed by atoms with E-state index in [4.69, 9.17) is 4.74 Å². The van der Waals surface area contributed by atoms with Crippen molar-refractivity contribution in [1.29, 1.82) is 0 Å². The van der Waals surface area contributed by atoms with Crippen LogP contribution >= 0.6 is 0 Å². The average Bonchev–Trinajstić information content (AvgIpc) is 3.36. The highest BCUT2D eigenvalue weighted by molar-refractivity contribution is 6.02. The molecule has 0 aliphatic rings. The second-order valence-electron chi connectivity index (χ2n) is 5.68. The van der Waals surface area contributed by atoms with Crippen molar-refractivity contribution in [3.63, 3.8) is 0 Å². The van der Waals surface area contributed by atoms with Gasteiger partial charge < -0.3 is 14.6 Å². The minimum atomic E-state index is -0.330. The van der Waals surface area contributed by atoms with E-state index >= 15 is 0 Å². The van der Waals surface area contributed by atoms with Crippen LogP contribution in [0.3, 0.4) is 0 Å². The highest BCUT2D eigenvalue weighted by Crippen LogP contribution is 2.21. The minimum Gasteiger partial charge on any atom is -0.438 e. The molecule has 0 spiro atoms. The standard InChI is InChI=1S/C18H15N7O2/c1-24-12-15(20-23-24)18(26)19-13-4-6-14(7-5-13)27-17-9-8-16(21-22-17)25-10-2-3-11-25/h2-12H,1H3,(H,19,26). The summed E-state index contributed by atoms with van der Waals surface area (Å²) < 4.78 is 9.00. The van der Waals surface area contributed by atoms with Crippen LogP contribution in [-0.2, 0) is 7.05 Å². The van der Waals surface area contributed by atoms with Crippen LogP contribution in [0.1, 0.15) is 10.5 Å². The number of ether oxygens (including phenoxy) is 1. The summed E-state index contributed by atoms with van der Waals surface area (Å²) in [6.07, 6.45) is 5.32. The van der Waals surface area contributed by atoms with E-state index in [0.29, 0.717) is 23.1 Å². The number of hydrogen-bond acceptors (Lipinski definition) is 6. The largest absolute Gasteiger partial charge is 0.438 e. The summed E-state index contributed by atoms with van der Waals surface area (Å²) >= 11 is 0. The zero-order valence-corrected chi connectivity index (χ0v) is 14.4. The summed E-state index contributed by atoms with van der Waals surface area (Å²) in [5.41, 5.74) is 0.864. The number of aryl methyl sites for hydroxylation is 1. The smallest absolute Gasteiger partial charge is 0.277 e. The van der Waals surface area contributed by atoms with E-state index in [1.54, 1.807) is 43.6 Å². The summed E-state index contributed by atoms with van der Waals surface area (Å²) in [6, 6.07) is 14.3. The van der Waals surface area contributed by atoms with E-state index in [1.807, 2.05) is 35.2 Å². The number of hydrogen-bond donors (Lipinski definition) is 1. The predicted molar refractivity (Wildman–Crippen MR) is 96.8 cm³/mol. The molecule has 27 heavy (non-hydrogen) atoms. The molecule has 3 aromatic heterocycles. The maximum absolute atomic E-state index is 12.1. The number of benzene rings is 1. The molecule has 9 nitrogen and oxygen atoms in total. The molecule has 0 aliphatic heterocycles. The van der Waals surface area contributed by atoms with Gasteiger partial charge in [0.05, 0.1) is 6.20 Å². The van der Waals surface area contributed by atoms with E-state index in [1.165, 1.54) is 4.68 Å². The third kappa shape index (κ3) is 3.82. The molecule has 0 radical (unpaired) electrons. The third-order valence-electron chi connectivity index (χ3n) is 3.66. The van der Waals surface area contributed by atoms with Crippen LogP contribution in [0.25, 0.3) is 5.82 Å². The normalized spacial score (nSPS) is 10.6. The number of nitrogens with one attached hydrogen (secondary N) is 1. The zero-order chi connectivity index (χ0) is 18.6. The Morgan fingerprint density at radius 2 is 1.78 bits per heavy atom. The number of anilines is 1. The molecule has 134 valence electrons. The second-order valence-corrected chi connectivity index (χ2v) is 5.68. The SMILES string of the molecule is Cn1cc(C(=O)Nc2ccc(Oc3ccc(-n4cccc4)nn3)cc2)nn1. The first-order chi connectivity index (χ1) is 13.2. The molecule has 4 rings (SSSR count). The Morgan fingerprint density at radius 1 is 1.00 bits per heavy atom. The summed E-state index contributed by atoms with van der Waals surface area (Å²) in [5, 5.41) is 18.4. The summed E-state index contributed by atoms with van der Waals surface area (Å²) in [4.78, 5) is 12.1. The fourth-order valence-electron chi connectivity index (χ4n) is 2.37. The van der Waals surface area contributed by atoms with E-state index in [9.17, 15) is 4.79 Å². The molecular formula is C18H15N7O2. The van der Waals surface area contributed by atoms with Gasteiger partial charge >= 0.3 is 0 Å². The Labute approximate surface area is 154 Å². The van der Waals surface area contributed by atoms with Gasteiger partial charge in [-0.25, -0.2) is 0 Å². The molecule has 0 saturated carbocycles. The van der Waals surface area contributed by atoms with Gasteiger partial charge in [-0.3, -0.25) is 9.48 Å². The number of nitrogens with zero attached hydrogens (tertiary/aromatic N) is 6. The van der Waals surface area contributed by atoms with E-state index in [2.05, 4.69) is 25.8 Å². The van der Waals surface area contributed by atoms with Gasteiger partial charge in [-0.15, -0.1) is 15.3 Å². The van der Waals surface area contributed by atoms with Crippen molar-refractivity contribution in [2.75, 3.05) is 5.32 Å². The molecular weight excluding hydrogens is 346 g/mol. The minimum absolute atomic E-state index is 0.246. The zero-order valence-electron chi connectivity index (χ0n) is 14.4. The maximum atomic E-state index is 12.1. The van der Waals surface area contributed by atoms with Crippen LogP contribution in [0.2, 0.25) is 0 Å². The molecule has 1 N–H and O–H groups in total.